The van der Waals surface area contributed by atoms with E-state index in [-0.39, 0.29) is 23.1 Å². The van der Waals surface area contributed by atoms with Gasteiger partial charge in [0.25, 0.3) is 5.91 Å². The number of carbonyl (C=O) groups excluding carboxylic acids is 2. The molecule has 25 heavy (non-hydrogen) atoms. The van der Waals surface area contributed by atoms with Crippen LogP contribution in [0.5, 0.6) is 0 Å². The molecule has 9 heteroatoms. The van der Waals surface area contributed by atoms with Crippen LogP contribution in [0.15, 0.2) is 53.4 Å². The summed E-state index contributed by atoms with van der Waals surface area (Å²) in [4.78, 5) is 25.8. The van der Waals surface area contributed by atoms with E-state index in [0.29, 0.717) is 16.4 Å². The predicted molar refractivity (Wildman–Crippen MR) is 93.8 cm³/mol. The molecule has 1 aliphatic rings. The largest absolute Gasteiger partial charge is 0.373 e. The molecule has 2 aromatic rings. The van der Waals surface area contributed by atoms with E-state index in [4.69, 9.17) is 16.7 Å². The molecule has 1 fully saturated rings. The third-order valence-corrected chi connectivity index (χ3v) is 4.94. The van der Waals surface area contributed by atoms with Gasteiger partial charge in [0.2, 0.25) is 15.9 Å². The lowest BCUT2D eigenvalue weighted by molar-refractivity contribution is -0.121. The van der Waals surface area contributed by atoms with E-state index in [9.17, 15) is 18.0 Å². The standard InChI is InChI=1S/C16H14ClN3O4S/c17-10-1-5-12(6-2-10)20-15(21)9-14(16(20)22)19-11-3-7-13(8-4-11)25(18,23)24/h1-8,14,19H,9H2,(H2,18,23,24)/t14-/m1/s1. The molecule has 2 aromatic carbocycles. The summed E-state index contributed by atoms with van der Waals surface area (Å²) in [5.41, 5.74) is 0.963. The van der Waals surface area contributed by atoms with Crippen LogP contribution in [-0.4, -0.2) is 26.3 Å². The first-order valence-electron chi connectivity index (χ1n) is 7.27. The summed E-state index contributed by atoms with van der Waals surface area (Å²) in [6, 6.07) is 11.3. The van der Waals surface area contributed by atoms with Crippen LogP contribution in [0.3, 0.4) is 0 Å². The average Bonchev–Trinajstić information content (AvgIpc) is 2.82. The Bertz CT molecular complexity index is 927. The molecule has 1 heterocycles. The van der Waals surface area contributed by atoms with Gasteiger partial charge in [0.15, 0.2) is 0 Å². The fourth-order valence-corrected chi connectivity index (χ4v) is 3.19. The second kappa shape index (κ2) is 6.47. The van der Waals surface area contributed by atoms with Gasteiger partial charge in [-0.2, -0.15) is 0 Å². The molecule has 1 atom stereocenters. The molecular formula is C16H14ClN3O4S. The smallest absolute Gasteiger partial charge is 0.256 e. The van der Waals surface area contributed by atoms with Crippen molar-refractivity contribution >= 4 is 44.8 Å². The minimum Gasteiger partial charge on any atom is -0.373 e. The Morgan fingerprint density at radius 1 is 1.04 bits per heavy atom. The van der Waals surface area contributed by atoms with Crippen LogP contribution < -0.4 is 15.4 Å². The summed E-state index contributed by atoms with van der Waals surface area (Å²) >= 11 is 5.82. The average molecular weight is 380 g/mol. The first-order valence-corrected chi connectivity index (χ1v) is 9.20. The van der Waals surface area contributed by atoms with Gasteiger partial charge in [0, 0.05) is 10.7 Å². The van der Waals surface area contributed by atoms with Crippen molar-refractivity contribution in [1.82, 2.24) is 0 Å². The molecule has 0 saturated carbocycles. The number of hydrogen-bond donors (Lipinski definition) is 2. The summed E-state index contributed by atoms with van der Waals surface area (Å²) in [7, 11) is -3.78. The molecule has 3 N–H and O–H groups in total. The molecule has 1 aliphatic heterocycles. The minimum atomic E-state index is -3.78. The Morgan fingerprint density at radius 2 is 1.64 bits per heavy atom. The van der Waals surface area contributed by atoms with Crippen molar-refractivity contribution in [2.75, 3.05) is 10.2 Å². The zero-order valence-corrected chi connectivity index (χ0v) is 14.4. The van der Waals surface area contributed by atoms with E-state index < -0.39 is 16.1 Å². The summed E-state index contributed by atoms with van der Waals surface area (Å²) in [5, 5.41) is 8.48. The van der Waals surface area contributed by atoms with Gasteiger partial charge in [0.1, 0.15) is 6.04 Å². The second-order valence-corrected chi connectivity index (χ2v) is 7.51. The Balaban J connectivity index is 1.77. The second-order valence-electron chi connectivity index (χ2n) is 5.51. The van der Waals surface area contributed by atoms with E-state index in [1.807, 2.05) is 0 Å². The van der Waals surface area contributed by atoms with Crippen molar-refractivity contribution in [2.24, 2.45) is 5.14 Å². The number of halogens is 1. The number of benzene rings is 2. The number of hydrogen-bond acceptors (Lipinski definition) is 5. The van der Waals surface area contributed by atoms with Crippen molar-refractivity contribution in [1.29, 1.82) is 0 Å². The first kappa shape index (κ1) is 17.4. The van der Waals surface area contributed by atoms with E-state index in [0.717, 1.165) is 4.90 Å². The van der Waals surface area contributed by atoms with Gasteiger partial charge in [-0.1, -0.05) is 11.6 Å². The van der Waals surface area contributed by atoms with Crippen LogP contribution in [-0.2, 0) is 19.6 Å². The number of carbonyl (C=O) groups is 2. The molecule has 0 spiro atoms. The lowest BCUT2D eigenvalue weighted by Crippen LogP contribution is -2.34. The highest BCUT2D eigenvalue weighted by molar-refractivity contribution is 7.89. The van der Waals surface area contributed by atoms with Crippen molar-refractivity contribution in [3.05, 3.63) is 53.6 Å². The maximum atomic E-state index is 12.5. The highest BCUT2D eigenvalue weighted by Crippen LogP contribution is 2.26. The lowest BCUT2D eigenvalue weighted by Gasteiger charge is -2.16. The number of nitrogens with zero attached hydrogens (tertiary/aromatic N) is 1. The number of sulfonamides is 1. The zero-order valence-electron chi connectivity index (χ0n) is 12.8. The van der Waals surface area contributed by atoms with Gasteiger partial charge in [0.05, 0.1) is 17.0 Å². The van der Waals surface area contributed by atoms with Crippen LogP contribution in [0.1, 0.15) is 6.42 Å². The number of rotatable bonds is 4. The Kier molecular flexibility index (Phi) is 4.51. The molecule has 3 rings (SSSR count). The van der Waals surface area contributed by atoms with E-state index >= 15 is 0 Å². The van der Waals surface area contributed by atoms with Gasteiger partial charge in [-0.3, -0.25) is 9.59 Å². The van der Waals surface area contributed by atoms with Crippen molar-refractivity contribution in [3.8, 4) is 0 Å². The molecule has 130 valence electrons. The summed E-state index contributed by atoms with van der Waals surface area (Å²) in [6.45, 7) is 0. The number of nitrogens with two attached hydrogens (primary N) is 1. The quantitative estimate of drug-likeness (QED) is 0.786. The molecule has 2 amide bonds. The van der Waals surface area contributed by atoms with Crippen molar-refractivity contribution in [2.45, 2.75) is 17.4 Å². The number of primary sulfonamides is 1. The monoisotopic (exact) mass is 379 g/mol. The topological polar surface area (TPSA) is 110 Å². The lowest BCUT2D eigenvalue weighted by atomic mass is 10.2. The van der Waals surface area contributed by atoms with E-state index in [2.05, 4.69) is 5.32 Å². The minimum absolute atomic E-state index is 0.00159. The molecule has 0 unspecified atom stereocenters. The SMILES string of the molecule is NS(=O)(=O)c1ccc(N[C@@H]2CC(=O)N(c3ccc(Cl)cc3)C2=O)cc1. The number of amides is 2. The molecule has 0 bridgehead atoms. The van der Waals surface area contributed by atoms with Crippen molar-refractivity contribution < 1.29 is 18.0 Å². The van der Waals surface area contributed by atoms with E-state index in [1.54, 1.807) is 24.3 Å². The fourth-order valence-electron chi connectivity index (χ4n) is 2.55. The summed E-state index contributed by atoms with van der Waals surface area (Å²) in [6.07, 6.45) is -0.00159. The fraction of sp³-hybridized carbons (Fsp3) is 0.125. The van der Waals surface area contributed by atoms with Crippen LogP contribution in [0, 0.1) is 0 Å². The van der Waals surface area contributed by atoms with Crippen molar-refractivity contribution in [3.63, 3.8) is 0 Å². The highest BCUT2D eigenvalue weighted by atomic mass is 35.5. The molecule has 1 saturated heterocycles. The Labute approximate surface area is 149 Å². The molecule has 0 aromatic heterocycles. The number of imide groups is 1. The molecule has 0 radical (unpaired) electrons. The predicted octanol–water partition coefficient (Wildman–Crippen LogP) is 1.73. The van der Waals surface area contributed by atoms with Gasteiger partial charge in [-0.15, -0.1) is 0 Å². The third kappa shape index (κ3) is 3.65. The summed E-state index contributed by atoms with van der Waals surface area (Å²) in [5.74, 6) is -0.714. The molecular weight excluding hydrogens is 366 g/mol. The first-order chi connectivity index (χ1) is 11.8. The van der Waals surface area contributed by atoms with Crippen LogP contribution in [0.2, 0.25) is 5.02 Å². The van der Waals surface area contributed by atoms with Crippen LogP contribution >= 0.6 is 11.6 Å². The zero-order chi connectivity index (χ0) is 18.2. The molecule has 7 nitrogen and oxygen atoms in total. The summed E-state index contributed by atoms with van der Waals surface area (Å²) < 4.78 is 22.5. The normalized spacial score (nSPS) is 17.8. The van der Waals surface area contributed by atoms with Gasteiger partial charge in [-0.05, 0) is 48.5 Å². The Hall–Kier alpha value is -2.42. The maximum Gasteiger partial charge on any atom is 0.256 e. The highest BCUT2D eigenvalue weighted by Gasteiger charge is 2.39. The van der Waals surface area contributed by atoms with E-state index in [1.165, 1.54) is 24.3 Å². The Morgan fingerprint density at radius 3 is 2.20 bits per heavy atom. The van der Waals surface area contributed by atoms with Gasteiger partial charge in [-0.25, -0.2) is 18.5 Å². The number of anilines is 2. The third-order valence-electron chi connectivity index (χ3n) is 3.76. The van der Waals surface area contributed by atoms with Gasteiger partial charge >= 0.3 is 0 Å². The van der Waals surface area contributed by atoms with Crippen LogP contribution in [0.4, 0.5) is 11.4 Å². The van der Waals surface area contributed by atoms with Gasteiger partial charge < -0.3 is 5.32 Å². The maximum absolute atomic E-state index is 12.5. The molecule has 0 aliphatic carbocycles. The van der Waals surface area contributed by atoms with Crippen LogP contribution in [0.25, 0.3) is 0 Å². The number of nitrogens with one attached hydrogen (secondary N) is 1.